The van der Waals surface area contributed by atoms with Crippen molar-refractivity contribution < 1.29 is 5.11 Å². The van der Waals surface area contributed by atoms with Gasteiger partial charge in [-0.25, -0.2) is 0 Å². The molecule has 0 saturated heterocycles. The van der Waals surface area contributed by atoms with E-state index in [1.807, 2.05) is 26.2 Å². The second-order valence-electron chi connectivity index (χ2n) is 2.99. The van der Waals surface area contributed by atoms with Crippen molar-refractivity contribution in [3.63, 3.8) is 0 Å². The fourth-order valence-electron chi connectivity index (χ4n) is 1.03. The van der Waals surface area contributed by atoms with Gasteiger partial charge in [-0.15, -0.1) is 0 Å². The van der Waals surface area contributed by atoms with Crippen molar-refractivity contribution in [3.8, 4) is 5.75 Å². The summed E-state index contributed by atoms with van der Waals surface area (Å²) in [7, 11) is 3.99. The topological polar surface area (TPSA) is 23.5 Å². The van der Waals surface area contributed by atoms with Crippen LogP contribution in [0.2, 0.25) is 0 Å². The number of aromatic hydroxyl groups is 1. The van der Waals surface area contributed by atoms with Crippen LogP contribution in [0.3, 0.4) is 0 Å². The first-order valence-electron chi connectivity index (χ1n) is 3.72. The van der Waals surface area contributed by atoms with Crippen LogP contribution in [0.25, 0.3) is 0 Å². The summed E-state index contributed by atoms with van der Waals surface area (Å²) in [4.78, 5) is 2.06. The van der Waals surface area contributed by atoms with E-state index in [-0.39, 0.29) is 0 Å². The number of hydrogen-bond donors (Lipinski definition) is 1. The Morgan fingerprint density at radius 2 is 2.08 bits per heavy atom. The summed E-state index contributed by atoms with van der Waals surface area (Å²) in [6.45, 7) is 0.828. The first-order chi connectivity index (χ1) is 5.61. The Bertz CT molecular complexity index is 273. The number of phenolic OH excluding ortho intramolecular Hbond substituents is 1. The van der Waals surface area contributed by atoms with Crippen LogP contribution in [0, 0.1) is 0 Å². The molecule has 0 fully saturated rings. The van der Waals surface area contributed by atoms with Gasteiger partial charge in [0.1, 0.15) is 5.75 Å². The number of phenols is 1. The molecule has 0 spiro atoms. The van der Waals surface area contributed by atoms with Gasteiger partial charge in [0.25, 0.3) is 0 Å². The smallest absolute Gasteiger partial charge is 0.130 e. The van der Waals surface area contributed by atoms with Gasteiger partial charge in [0, 0.05) is 6.54 Å². The second-order valence-corrected chi connectivity index (χ2v) is 3.78. The lowest BCUT2D eigenvalue weighted by atomic mass is 10.2. The van der Waals surface area contributed by atoms with Gasteiger partial charge >= 0.3 is 0 Å². The van der Waals surface area contributed by atoms with Crippen molar-refractivity contribution in [1.29, 1.82) is 0 Å². The normalized spacial score (nSPS) is 10.7. The highest BCUT2D eigenvalue weighted by atomic mass is 79.9. The van der Waals surface area contributed by atoms with E-state index >= 15 is 0 Å². The Morgan fingerprint density at radius 1 is 1.42 bits per heavy atom. The van der Waals surface area contributed by atoms with Gasteiger partial charge in [0.15, 0.2) is 0 Å². The SMILES string of the molecule is CN(C)Cc1cccc(O)c1Br. The number of hydrogen-bond acceptors (Lipinski definition) is 2. The van der Waals surface area contributed by atoms with Gasteiger partial charge in [-0.3, -0.25) is 0 Å². The van der Waals surface area contributed by atoms with Crippen LogP contribution in [0.1, 0.15) is 5.56 Å². The summed E-state index contributed by atoms with van der Waals surface area (Å²) in [5.74, 6) is 0.300. The average molecular weight is 230 g/mol. The Kier molecular flexibility index (Phi) is 3.12. The summed E-state index contributed by atoms with van der Waals surface area (Å²) in [5.41, 5.74) is 1.10. The van der Waals surface area contributed by atoms with E-state index in [4.69, 9.17) is 0 Å². The van der Waals surface area contributed by atoms with E-state index in [1.54, 1.807) is 6.07 Å². The van der Waals surface area contributed by atoms with Crippen molar-refractivity contribution in [2.75, 3.05) is 14.1 Å². The first kappa shape index (κ1) is 9.55. The van der Waals surface area contributed by atoms with Gasteiger partial charge in [-0.05, 0) is 41.7 Å². The summed E-state index contributed by atoms with van der Waals surface area (Å²) in [6.07, 6.45) is 0. The van der Waals surface area contributed by atoms with Gasteiger partial charge in [-0.1, -0.05) is 12.1 Å². The maximum atomic E-state index is 9.35. The quantitative estimate of drug-likeness (QED) is 0.841. The van der Waals surface area contributed by atoms with E-state index in [0.717, 1.165) is 16.6 Å². The zero-order chi connectivity index (χ0) is 9.14. The number of rotatable bonds is 2. The lowest BCUT2D eigenvalue weighted by Crippen LogP contribution is -2.10. The third-order valence-electron chi connectivity index (χ3n) is 1.54. The highest BCUT2D eigenvalue weighted by Crippen LogP contribution is 2.27. The van der Waals surface area contributed by atoms with Gasteiger partial charge in [-0.2, -0.15) is 0 Å². The Balaban J connectivity index is 2.92. The lowest BCUT2D eigenvalue weighted by molar-refractivity contribution is 0.399. The molecule has 12 heavy (non-hydrogen) atoms. The fraction of sp³-hybridized carbons (Fsp3) is 0.333. The molecule has 1 N–H and O–H groups in total. The van der Waals surface area contributed by atoms with Crippen LogP contribution in [0.15, 0.2) is 22.7 Å². The van der Waals surface area contributed by atoms with Crippen molar-refractivity contribution in [2.45, 2.75) is 6.54 Å². The van der Waals surface area contributed by atoms with Crippen molar-refractivity contribution in [2.24, 2.45) is 0 Å². The fourth-order valence-corrected chi connectivity index (χ4v) is 1.42. The summed E-state index contributed by atoms with van der Waals surface area (Å²) in [5, 5.41) is 9.35. The molecule has 0 radical (unpaired) electrons. The molecule has 0 aliphatic heterocycles. The monoisotopic (exact) mass is 229 g/mol. The maximum Gasteiger partial charge on any atom is 0.130 e. The Labute approximate surface area is 80.9 Å². The molecule has 0 atom stereocenters. The molecular formula is C9H12BrNO. The molecule has 3 heteroatoms. The predicted molar refractivity (Wildman–Crippen MR) is 53.2 cm³/mol. The predicted octanol–water partition coefficient (Wildman–Crippen LogP) is 2.22. The van der Waals surface area contributed by atoms with E-state index in [2.05, 4.69) is 20.8 Å². The molecular weight excluding hydrogens is 218 g/mol. The third-order valence-corrected chi connectivity index (χ3v) is 2.46. The van der Waals surface area contributed by atoms with Crippen LogP contribution in [0.4, 0.5) is 0 Å². The molecule has 2 nitrogen and oxygen atoms in total. The van der Waals surface area contributed by atoms with E-state index in [9.17, 15) is 5.11 Å². The van der Waals surface area contributed by atoms with E-state index < -0.39 is 0 Å². The highest BCUT2D eigenvalue weighted by Gasteiger charge is 2.04. The minimum Gasteiger partial charge on any atom is -0.507 e. The summed E-state index contributed by atoms with van der Waals surface area (Å²) < 4.78 is 0.790. The standard InChI is InChI=1S/C9H12BrNO/c1-11(2)6-7-4-3-5-8(12)9(7)10/h3-5,12H,6H2,1-2H3. The molecule has 0 heterocycles. The molecule has 1 aromatic carbocycles. The lowest BCUT2D eigenvalue weighted by Gasteiger charge is -2.11. The number of benzene rings is 1. The molecule has 1 aromatic rings. The average Bonchev–Trinajstić information content (AvgIpc) is 1.98. The minimum absolute atomic E-state index is 0.300. The van der Waals surface area contributed by atoms with Gasteiger partial charge in [0.2, 0.25) is 0 Å². The third kappa shape index (κ3) is 2.22. The molecule has 0 unspecified atom stereocenters. The van der Waals surface area contributed by atoms with E-state index in [0.29, 0.717) is 5.75 Å². The maximum absolute atomic E-state index is 9.35. The van der Waals surface area contributed by atoms with Gasteiger partial charge < -0.3 is 10.0 Å². The largest absolute Gasteiger partial charge is 0.507 e. The van der Waals surface area contributed by atoms with Crippen LogP contribution >= 0.6 is 15.9 Å². The highest BCUT2D eigenvalue weighted by molar-refractivity contribution is 9.10. The van der Waals surface area contributed by atoms with Crippen molar-refractivity contribution >= 4 is 15.9 Å². The zero-order valence-electron chi connectivity index (χ0n) is 7.21. The zero-order valence-corrected chi connectivity index (χ0v) is 8.80. The number of halogens is 1. The number of nitrogens with zero attached hydrogens (tertiary/aromatic N) is 1. The molecule has 0 saturated carbocycles. The molecule has 0 amide bonds. The van der Waals surface area contributed by atoms with Crippen molar-refractivity contribution in [3.05, 3.63) is 28.2 Å². The minimum atomic E-state index is 0.300. The summed E-state index contributed by atoms with van der Waals surface area (Å²) >= 11 is 3.33. The van der Waals surface area contributed by atoms with Gasteiger partial charge in [0.05, 0.1) is 4.47 Å². The Hall–Kier alpha value is -0.540. The molecule has 1 rings (SSSR count). The van der Waals surface area contributed by atoms with Crippen LogP contribution in [-0.4, -0.2) is 24.1 Å². The van der Waals surface area contributed by atoms with Crippen LogP contribution in [-0.2, 0) is 6.54 Å². The van der Waals surface area contributed by atoms with Crippen LogP contribution < -0.4 is 0 Å². The van der Waals surface area contributed by atoms with E-state index in [1.165, 1.54) is 0 Å². The molecule has 0 aliphatic rings. The first-order valence-corrected chi connectivity index (χ1v) is 4.51. The summed E-state index contributed by atoms with van der Waals surface area (Å²) in [6, 6.07) is 5.51. The molecule has 0 aliphatic carbocycles. The molecule has 0 aromatic heterocycles. The second kappa shape index (κ2) is 3.92. The van der Waals surface area contributed by atoms with Crippen LogP contribution in [0.5, 0.6) is 5.75 Å². The molecule has 66 valence electrons. The molecule has 0 bridgehead atoms. The van der Waals surface area contributed by atoms with Crippen molar-refractivity contribution in [1.82, 2.24) is 4.90 Å². The Morgan fingerprint density at radius 3 is 2.67 bits per heavy atom.